The zero-order chi connectivity index (χ0) is 23.7. The molecule has 0 aliphatic heterocycles. The Morgan fingerprint density at radius 2 is 1.91 bits per heavy atom. The number of nitrogens with zero attached hydrogens (tertiary/aromatic N) is 5. The van der Waals surface area contributed by atoms with Gasteiger partial charge in [-0.05, 0) is 92.6 Å². The first-order valence-corrected chi connectivity index (χ1v) is 13.0. The van der Waals surface area contributed by atoms with Gasteiger partial charge < -0.3 is 5.32 Å². The normalized spacial score (nSPS) is 29.5. The van der Waals surface area contributed by atoms with E-state index in [2.05, 4.69) is 69.4 Å². The van der Waals surface area contributed by atoms with E-state index in [4.69, 9.17) is 5.10 Å². The Morgan fingerprint density at radius 1 is 1.15 bits per heavy atom. The highest BCUT2D eigenvalue weighted by molar-refractivity contribution is 9.10. The molecule has 8 heteroatoms. The number of anilines is 1. The third-order valence-corrected chi connectivity index (χ3v) is 8.86. The van der Waals surface area contributed by atoms with E-state index in [-0.39, 0.29) is 16.9 Å². The standard InChI is InChI=1S/C26H31BrN6O/c1-16-5-4-6-19(7-16)13-32-18(3)22(17(2)30-32)29-23(34)25-9-20-8-21(10-25)12-26(11-20,14-25)33-15-28-24(27)31-33/h4-7,15,20-21H,8-14H2,1-3H3,(H,29,34). The first-order chi connectivity index (χ1) is 16.3. The van der Waals surface area contributed by atoms with Crippen molar-refractivity contribution in [2.45, 2.75) is 71.4 Å². The van der Waals surface area contributed by atoms with E-state index < -0.39 is 0 Å². The topological polar surface area (TPSA) is 77.6 Å². The number of rotatable bonds is 5. The van der Waals surface area contributed by atoms with Crippen LogP contribution in [0.2, 0.25) is 0 Å². The predicted molar refractivity (Wildman–Crippen MR) is 133 cm³/mol. The number of amides is 1. The fraction of sp³-hybridized carbons (Fsp3) is 0.538. The van der Waals surface area contributed by atoms with E-state index in [1.54, 1.807) is 0 Å². The molecule has 4 saturated carbocycles. The van der Waals surface area contributed by atoms with Crippen LogP contribution in [0.4, 0.5) is 5.69 Å². The van der Waals surface area contributed by atoms with Crippen molar-refractivity contribution in [3.63, 3.8) is 0 Å². The highest BCUT2D eigenvalue weighted by Gasteiger charge is 2.61. The molecule has 7 rings (SSSR count). The van der Waals surface area contributed by atoms with Gasteiger partial charge in [0.15, 0.2) is 0 Å². The van der Waals surface area contributed by atoms with Crippen LogP contribution in [-0.4, -0.2) is 30.5 Å². The Balaban J connectivity index is 1.27. The molecule has 3 aromatic rings. The summed E-state index contributed by atoms with van der Waals surface area (Å²) < 4.78 is 4.68. The molecule has 178 valence electrons. The Labute approximate surface area is 208 Å². The second-order valence-electron chi connectivity index (χ2n) is 11.1. The van der Waals surface area contributed by atoms with Crippen molar-refractivity contribution in [1.82, 2.24) is 24.5 Å². The summed E-state index contributed by atoms with van der Waals surface area (Å²) in [6.45, 7) is 6.85. The lowest BCUT2D eigenvalue weighted by Gasteiger charge is -2.60. The average molecular weight is 523 g/mol. The third-order valence-electron chi connectivity index (χ3n) is 8.50. The van der Waals surface area contributed by atoms with Gasteiger partial charge >= 0.3 is 0 Å². The van der Waals surface area contributed by atoms with Gasteiger partial charge in [0.05, 0.1) is 34.6 Å². The molecule has 1 aromatic carbocycles. The monoisotopic (exact) mass is 522 g/mol. The van der Waals surface area contributed by atoms with E-state index in [1.807, 2.05) is 22.6 Å². The van der Waals surface area contributed by atoms with Crippen LogP contribution in [-0.2, 0) is 16.9 Å². The molecule has 2 aromatic heterocycles. The van der Waals surface area contributed by atoms with Crippen LogP contribution in [0.25, 0.3) is 0 Å². The average Bonchev–Trinajstić information content (AvgIpc) is 3.32. The van der Waals surface area contributed by atoms with Crippen LogP contribution < -0.4 is 5.32 Å². The van der Waals surface area contributed by atoms with E-state index in [9.17, 15) is 4.79 Å². The van der Waals surface area contributed by atoms with Gasteiger partial charge in [-0.25, -0.2) is 9.67 Å². The molecule has 1 N–H and O–H groups in total. The largest absolute Gasteiger partial charge is 0.322 e. The SMILES string of the molecule is Cc1cccc(Cn2nc(C)c(NC(=O)C34CC5CC(C3)CC(n3cnc(Br)n3)(C5)C4)c2C)c1. The van der Waals surface area contributed by atoms with Crippen molar-refractivity contribution in [3.05, 3.63) is 57.8 Å². The van der Waals surface area contributed by atoms with Crippen LogP contribution in [0.3, 0.4) is 0 Å². The highest BCUT2D eigenvalue weighted by Crippen LogP contribution is 2.64. The molecule has 2 unspecified atom stereocenters. The van der Waals surface area contributed by atoms with Gasteiger partial charge in [-0.15, -0.1) is 5.10 Å². The van der Waals surface area contributed by atoms with Gasteiger partial charge in [-0.1, -0.05) is 29.8 Å². The maximum Gasteiger partial charge on any atom is 0.230 e. The zero-order valence-electron chi connectivity index (χ0n) is 20.0. The summed E-state index contributed by atoms with van der Waals surface area (Å²) in [7, 11) is 0. The fourth-order valence-corrected chi connectivity index (χ4v) is 7.74. The molecule has 1 amide bonds. The molecule has 4 bridgehead atoms. The molecular weight excluding hydrogens is 492 g/mol. The number of halogens is 1. The molecule has 4 aliphatic rings. The van der Waals surface area contributed by atoms with Crippen molar-refractivity contribution < 1.29 is 4.79 Å². The lowest BCUT2D eigenvalue weighted by Crippen LogP contribution is -2.60. The van der Waals surface area contributed by atoms with Gasteiger partial charge in [0.2, 0.25) is 10.6 Å². The summed E-state index contributed by atoms with van der Waals surface area (Å²) in [5.41, 5.74) is 4.75. The van der Waals surface area contributed by atoms with Gasteiger partial charge in [0.1, 0.15) is 6.33 Å². The number of aryl methyl sites for hydroxylation is 2. The smallest absolute Gasteiger partial charge is 0.230 e. The maximum atomic E-state index is 14.0. The molecular formula is C26H31BrN6O. The van der Waals surface area contributed by atoms with Crippen LogP contribution in [0.15, 0.2) is 35.3 Å². The summed E-state index contributed by atoms with van der Waals surface area (Å²) in [5, 5.41) is 12.8. The molecule has 4 fully saturated rings. The van der Waals surface area contributed by atoms with Crippen LogP contribution in [0.5, 0.6) is 0 Å². The molecule has 0 radical (unpaired) electrons. The number of hydrogen-bond donors (Lipinski definition) is 1. The van der Waals surface area contributed by atoms with Gasteiger partial charge in [-0.2, -0.15) is 5.10 Å². The van der Waals surface area contributed by atoms with Crippen molar-refractivity contribution in [1.29, 1.82) is 0 Å². The summed E-state index contributed by atoms with van der Waals surface area (Å²) >= 11 is 3.41. The second-order valence-corrected chi connectivity index (χ2v) is 11.8. The predicted octanol–water partition coefficient (Wildman–Crippen LogP) is 5.14. The quantitative estimate of drug-likeness (QED) is 0.502. The minimum absolute atomic E-state index is 0.0973. The first-order valence-electron chi connectivity index (χ1n) is 12.2. The van der Waals surface area contributed by atoms with Gasteiger partial charge in [-0.3, -0.25) is 9.48 Å². The number of nitrogens with one attached hydrogen (secondary N) is 1. The summed E-state index contributed by atoms with van der Waals surface area (Å²) in [6.07, 6.45) is 8.06. The lowest BCUT2D eigenvalue weighted by molar-refractivity contribution is -0.150. The summed E-state index contributed by atoms with van der Waals surface area (Å²) in [4.78, 5) is 18.3. The number of aromatic nitrogens is 5. The van der Waals surface area contributed by atoms with Crippen molar-refractivity contribution in [2.24, 2.45) is 17.3 Å². The molecule has 7 nitrogen and oxygen atoms in total. The Bertz CT molecular complexity index is 1260. The summed E-state index contributed by atoms with van der Waals surface area (Å²) in [5.74, 6) is 1.30. The molecule has 0 spiro atoms. The number of hydrogen-bond acceptors (Lipinski definition) is 4. The Morgan fingerprint density at radius 3 is 2.59 bits per heavy atom. The lowest BCUT2D eigenvalue weighted by atomic mass is 9.46. The molecule has 0 saturated heterocycles. The first kappa shape index (κ1) is 22.0. The van der Waals surface area contributed by atoms with Crippen LogP contribution in [0.1, 0.15) is 61.0 Å². The van der Waals surface area contributed by atoms with Gasteiger partial charge in [0.25, 0.3) is 0 Å². The van der Waals surface area contributed by atoms with Crippen LogP contribution >= 0.6 is 15.9 Å². The number of carbonyl (C=O) groups excluding carboxylic acids is 1. The highest BCUT2D eigenvalue weighted by atomic mass is 79.9. The van der Waals surface area contributed by atoms with E-state index in [0.29, 0.717) is 23.1 Å². The number of carbonyl (C=O) groups is 1. The molecule has 4 aliphatic carbocycles. The zero-order valence-corrected chi connectivity index (χ0v) is 21.6. The van der Waals surface area contributed by atoms with E-state index >= 15 is 0 Å². The minimum Gasteiger partial charge on any atom is -0.322 e. The van der Waals surface area contributed by atoms with Crippen molar-refractivity contribution >= 4 is 27.5 Å². The Kier molecular flexibility index (Phi) is 5.03. The van der Waals surface area contributed by atoms with Crippen molar-refractivity contribution in [3.8, 4) is 0 Å². The van der Waals surface area contributed by atoms with E-state index in [1.165, 1.54) is 17.5 Å². The maximum absolute atomic E-state index is 14.0. The van der Waals surface area contributed by atoms with Crippen LogP contribution in [0, 0.1) is 38.0 Å². The molecule has 2 atom stereocenters. The molecule has 2 heterocycles. The van der Waals surface area contributed by atoms with Crippen molar-refractivity contribution in [2.75, 3.05) is 5.32 Å². The fourth-order valence-electron chi connectivity index (χ4n) is 7.48. The number of benzene rings is 1. The summed E-state index contributed by atoms with van der Waals surface area (Å²) in [6, 6.07) is 8.49. The third kappa shape index (κ3) is 3.53. The Hall–Kier alpha value is -2.48. The van der Waals surface area contributed by atoms with Gasteiger partial charge in [0, 0.05) is 0 Å². The second kappa shape index (κ2) is 7.77. The minimum atomic E-state index is -0.347. The van der Waals surface area contributed by atoms with E-state index in [0.717, 1.165) is 49.2 Å². The molecule has 34 heavy (non-hydrogen) atoms.